The van der Waals surface area contributed by atoms with E-state index in [-0.39, 0.29) is 11.8 Å². The van der Waals surface area contributed by atoms with E-state index < -0.39 is 5.60 Å². The fraction of sp³-hybridized carbons (Fsp3) is 0.565. The molecule has 1 saturated heterocycles. The zero-order valence-electron chi connectivity index (χ0n) is 18.8. The van der Waals surface area contributed by atoms with Crippen molar-refractivity contribution in [2.75, 3.05) is 19.6 Å². The molecule has 0 bridgehead atoms. The lowest BCUT2D eigenvalue weighted by atomic mass is 9.91. The summed E-state index contributed by atoms with van der Waals surface area (Å²) in [6.45, 7) is 10.1. The number of aryl methyl sites for hydroxylation is 4. The molecule has 166 valence electrons. The zero-order chi connectivity index (χ0) is 22.2. The maximum atomic E-state index is 13.0. The molecule has 1 unspecified atom stereocenters. The topological polar surface area (TPSA) is 80.6 Å². The molecule has 1 aromatic carbocycles. The Labute approximate surface area is 183 Å². The van der Waals surface area contributed by atoms with Crippen LogP contribution in [0.5, 0.6) is 5.75 Å². The van der Waals surface area contributed by atoms with Gasteiger partial charge in [0.15, 0.2) is 0 Å². The van der Waals surface area contributed by atoms with Crippen molar-refractivity contribution in [1.82, 2.24) is 24.6 Å². The standard InChI is InChI=1S/C23H31N5O3/c1-16-6-7-21-20(12-16)13-27(19(4)29)15-23(31-21)9-5-10-26(14-23)22(30)8-11-28-18(3)24-17(2)25-28/h6-7,12H,5,8-11,13-15H2,1-4H3. The van der Waals surface area contributed by atoms with E-state index >= 15 is 0 Å². The first-order chi connectivity index (χ1) is 14.7. The van der Waals surface area contributed by atoms with E-state index in [9.17, 15) is 9.59 Å². The van der Waals surface area contributed by atoms with E-state index in [4.69, 9.17) is 4.74 Å². The molecule has 4 rings (SSSR count). The fourth-order valence-corrected chi connectivity index (χ4v) is 4.68. The van der Waals surface area contributed by atoms with Crippen LogP contribution >= 0.6 is 0 Å². The summed E-state index contributed by atoms with van der Waals surface area (Å²) in [5.41, 5.74) is 1.58. The third-order valence-corrected chi connectivity index (χ3v) is 6.22. The van der Waals surface area contributed by atoms with Gasteiger partial charge in [-0.05, 0) is 39.7 Å². The SMILES string of the molecule is CC(=O)N1Cc2cc(C)ccc2OC2(CCCN(C(=O)CCn3nc(C)nc3C)C2)C1. The smallest absolute Gasteiger partial charge is 0.224 e. The molecule has 8 nitrogen and oxygen atoms in total. The summed E-state index contributed by atoms with van der Waals surface area (Å²) in [6, 6.07) is 6.11. The first-order valence-electron chi connectivity index (χ1n) is 10.9. The number of nitrogens with zero attached hydrogens (tertiary/aromatic N) is 5. The highest BCUT2D eigenvalue weighted by Crippen LogP contribution is 2.35. The van der Waals surface area contributed by atoms with Gasteiger partial charge in [-0.25, -0.2) is 9.67 Å². The van der Waals surface area contributed by atoms with Crippen LogP contribution in [0, 0.1) is 20.8 Å². The number of likely N-dealkylation sites (tertiary alicyclic amines) is 1. The number of piperidine rings is 1. The van der Waals surface area contributed by atoms with Crippen molar-refractivity contribution in [2.45, 2.75) is 65.6 Å². The van der Waals surface area contributed by atoms with Crippen molar-refractivity contribution in [2.24, 2.45) is 0 Å². The molecule has 0 saturated carbocycles. The van der Waals surface area contributed by atoms with Crippen LogP contribution in [0.15, 0.2) is 18.2 Å². The van der Waals surface area contributed by atoms with E-state index in [1.165, 1.54) is 0 Å². The normalized spacial score (nSPS) is 20.9. The lowest BCUT2D eigenvalue weighted by molar-refractivity contribution is -0.140. The summed E-state index contributed by atoms with van der Waals surface area (Å²) < 4.78 is 8.35. The number of carbonyl (C=O) groups is 2. The Morgan fingerprint density at radius 3 is 2.65 bits per heavy atom. The van der Waals surface area contributed by atoms with Crippen LogP contribution in [-0.4, -0.2) is 61.6 Å². The van der Waals surface area contributed by atoms with Crippen LogP contribution in [0.25, 0.3) is 0 Å². The summed E-state index contributed by atoms with van der Waals surface area (Å²) in [4.78, 5) is 33.4. The maximum absolute atomic E-state index is 13.0. The Morgan fingerprint density at radius 2 is 1.94 bits per heavy atom. The Morgan fingerprint density at radius 1 is 1.16 bits per heavy atom. The van der Waals surface area contributed by atoms with Gasteiger partial charge >= 0.3 is 0 Å². The number of rotatable bonds is 3. The van der Waals surface area contributed by atoms with Gasteiger partial charge in [-0.3, -0.25) is 9.59 Å². The van der Waals surface area contributed by atoms with Crippen LogP contribution in [-0.2, 0) is 22.7 Å². The summed E-state index contributed by atoms with van der Waals surface area (Å²) in [7, 11) is 0. The van der Waals surface area contributed by atoms with Crippen LogP contribution < -0.4 is 4.74 Å². The first-order valence-corrected chi connectivity index (χ1v) is 10.9. The molecule has 1 aromatic heterocycles. The zero-order valence-corrected chi connectivity index (χ0v) is 18.8. The molecule has 1 spiro atoms. The van der Waals surface area contributed by atoms with Crippen molar-refractivity contribution in [1.29, 1.82) is 0 Å². The Hall–Kier alpha value is -2.90. The quantitative estimate of drug-likeness (QED) is 0.754. The Bertz CT molecular complexity index is 1000. The number of benzene rings is 1. The van der Waals surface area contributed by atoms with Crippen LogP contribution in [0.2, 0.25) is 0 Å². The number of carbonyl (C=O) groups excluding carboxylic acids is 2. The minimum absolute atomic E-state index is 0.0257. The lowest BCUT2D eigenvalue weighted by Crippen LogP contribution is -2.58. The van der Waals surface area contributed by atoms with Gasteiger partial charge in [-0.1, -0.05) is 17.7 Å². The number of amides is 2. The van der Waals surface area contributed by atoms with Gasteiger partial charge in [0, 0.05) is 32.0 Å². The van der Waals surface area contributed by atoms with E-state index in [2.05, 4.69) is 16.1 Å². The average Bonchev–Trinajstić information content (AvgIpc) is 2.95. The lowest BCUT2D eigenvalue weighted by Gasteiger charge is -2.43. The van der Waals surface area contributed by atoms with Crippen molar-refractivity contribution in [3.8, 4) is 5.75 Å². The minimum Gasteiger partial charge on any atom is -0.483 e. The third-order valence-electron chi connectivity index (χ3n) is 6.22. The summed E-state index contributed by atoms with van der Waals surface area (Å²) >= 11 is 0. The predicted octanol–water partition coefficient (Wildman–Crippen LogP) is 2.40. The van der Waals surface area contributed by atoms with Gasteiger partial charge in [-0.15, -0.1) is 0 Å². The number of hydrogen-bond acceptors (Lipinski definition) is 5. The molecule has 0 aliphatic carbocycles. The number of fused-ring (bicyclic) bond motifs is 1. The van der Waals surface area contributed by atoms with E-state index in [1.54, 1.807) is 11.6 Å². The number of ether oxygens (including phenoxy) is 1. The average molecular weight is 426 g/mol. The van der Waals surface area contributed by atoms with E-state index in [0.29, 0.717) is 45.0 Å². The Balaban J connectivity index is 1.52. The van der Waals surface area contributed by atoms with Crippen molar-refractivity contribution < 1.29 is 14.3 Å². The minimum atomic E-state index is -0.583. The van der Waals surface area contributed by atoms with Gasteiger partial charge in [0.25, 0.3) is 0 Å². The van der Waals surface area contributed by atoms with Gasteiger partial charge in [0.2, 0.25) is 11.8 Å². The highest BCUT2D eigenvalue weighted by atomic mass is 16.5. The highest BCUT2D eigenvalue weighted by Gasteiger charge is 2.43. The molecule has 2 aromatic rings. The molecular weight excluding hydrogens is 394 g/mol. The molecule has 31 heavy (non-hydrogen) atoms. The summed E-state index contributed by atoms with van der Waals surface area (Å²) in [5.74, 6) is 2.46. The van der Waals surface area contributed by atoms with Gasteiger partial charge in [-0.2, -0.15) is 5.10 Å². The van der Waals surface area contributed by atoms with Gasteiger partial charge in [0.05, 0.1) is 19.6 Å². The summed E-state index contributed by atoms with van der Waals surface area (Å²) in [5, 5.41) is 4.35. The largest absolute Gasteiger partial charge is 0.483 e. The monoisotopic (exact) mass is 425 g/mol. The second kappa shape index (κ2) is 8.32. The van der Waals surface area contributed by atoms with Gasteiger partial charge in [0.1, 0.15) is 23.0 Å². The third kappa shape index (κ3) is 4.57. The number of aromatic nitrogens is 3. The second-order valence-electron chi connectivity index (χ2n) is 8.87. The van der Waals surface area contributed by atoms with E-state index in [0.717, 1.165) is 35.5 Å². The van der Waals surface area contributed by atoms with Crippen molar-refractivity contribution in [3.05, 3.63) is 41.0 Å². The molecule has 1 fully saturated rings. The molecular formula is C23H31N5O3. The van der Waals surface area contributed by atoms with Crippen molar-refractivity contribution >= 4 is 11.8 Å². The molecule has 3 heterocycles. The fourth-order valence-electron chi connectivity index (χ4n) is 4.68. The molecule has 2 amide bonds. The predicted molar refractivity (Wildman–Crippen MR) is 116 cm³/mol. The van der Waals surface area contributed by atoms with Gasteiger partial charge < -0.3 is 14.5 Å². The maximum Gasteiger partial charge on any atom is 0.224 e. The molecule has 2 aliphatic heterocycles. The highest BCUT2D eigenvalue weighted by molar-refractivity contribution is 5.76. The first kappa shape index (κ1) is 21.3. The second-order valence-corrected chi connectivity index (χ2v) is 8.87. The molecule has 0 radical (unpaired) electrons. The van der Waals surface area contributed by atoms with Crippen LogP contribution in [0.3, 0.4) is 0 Å². The van der Waals surface area contributed by atoms with E-state index in [1.807, 2.05) is 42.7 Å². The molecule has 8 heteroatoms. The van der Waals surface area contributed by atoms with Crippen LogP contribution in [0.4, 0.5) is 0 Å². The molecule has 2 aliphatic rings. The molecule has 0 N–H and O–H groups in total. The van der Waals surface area contributed by atoms with Crippen molar-refractivity contribution in [3.63, 3.8) is 0 Å². The summed E-state index contributed by atoms with van der Waals surface area (Å²) in [6.07, 6.45) is 2.03. The molecule has 1 atom stereocenters. The number of hydrogen-bond donors (Lipinski definition) is 0. The Kier molecular flexibility index (Phi) is 5.73. The van der Waals surface area contributed by atoms with Crippen LogP contribution in [0.1, 0.15) is 49.0 Å².